The number of hydrogen-bond donors (Lipinski definition) is 5. The summed E-state index contributed by atoms with van der Waals surface area (Å²) in [6.07, 6.45) is -1.10. The lowest BCUT2D eigenvalue weighted by atomic mass is 9.99. The number of rotatable bonds is 14. The minimum absolute atomic E-state index is 0.0467. The Kier molecular flexibility index (Phi) is 13.0. The summed E-state index contributed by atoms with van der Waals surface area (Å²) in [5.41, 5.74) is 4.95. The Bertz CT molecular complexity index is 1670. The van der Waals surface area contributed by atoms with Gasteiger partial charge < -0.3 is 45.1 Å². The molecule has 5 N–H and O–H groups in total. The number of hydrogen-bond acceptors (Lipinski definition) is 9. The van der Waals surface area contributed by atoms with Gasteiger partial charge in [0.15, 0.2) is 6.29 Å². The van der Waals surface area contributed by atoms with Crippen molar-refractivity contribution < 1.29 is 39.1 Å². The Hall–Kier alpha value is -4.78. The second-order valence-electron chi connectivity index (χ2n) is 12.5. The molecule has 0 saturated carbocycles. The number of ether oxygens (including phenoxy) is 3. The van der Waals surface area contributed by atoms with E-state index < -0.39 is 30.4 Å². The monoisotopic (exact) mass is 683 g/mol. The van der Waals surface area contributed by atoms with Crippen LogP contribution in [0.15, 0.2) is 103 Å². The number of esters is 1. The second kappa shape index (κ2) is 17.7. The number of urea groups is 1. The van der Waals surface area contributed by atoms with Crippen LogP contribution < -0.4 is 10.6 Å². The molecule has 4 aromatic carbocycles. The lowest BCUT2D eigenvalue weighted by Gasteiger charge is -2.38. The van der Waals surface area contributed by atoms with E-state index in [2.05, 4.69) is 10.6 Å². The normalized spacial score (nSPS) is 18.6. The van der Waals surface area contributed by atoms with Crippen molar-refractivity contribution in [3.63, 3.8) is 0 Å². The van der Waals surface area contributed by atoms with E-state index in [1.165, 1.54) is 7.11 Å². The molecule has 5 rings (SSSR count). The number of amides is 2. The standard InChI is InChI=1S/C39H45N3O8/c1-42(24-35(45)31-9-6-10-32(44)20-31)23-33-21-36(29-15-13-28(25-43)14-16-29)50-38(49-33)30-17-11-27(12-18-30)22-40-39(47)41-34(37(46)48-2)19-26-7-4-3-5-8-26/h3-18,20,33-36,38,43-45H,19,21-25H2,1-2H3,(H2,40,41,47)/t33-,34-,35+,36+,38+/m0/s1. The van der Waals surface area contributed by atoms with Crippen LogP contribution >= 0.6 is 0 Å². The molecular formula is C39H45N3O8. The van der Waals surface area contributed by atoms with Gasteiger partial charge in [-0.2, -0.15) is 0 Å². The molecule has 1 heterocycles. The van der Waals surface area contributed by atoms with Gasteiger partial charge in [-0.3, -0.25) is 0 Å². The molecule has 0 unspecified atom stereocenters. The van der Waals surface area contributed by atoms with Crippen LogP contribution in [0.5, 0.6) is 5.75 Å². The number of carbonyl (C=O) groups is 2. The number of methoxy groups -OCH3 is 1. The molecular weight excluding hydrogens is 638 g/mol. The number of benzene rings is 4. The summed E-state index contributed by atoms with van der Waals surface area (Å²) in [4.78, 5) is 27.1. The molecule has 264 valence electrons. The topological polar surface area (TPSA) is 150 Å². The van der Waals surface area contributed by atoms with Crippen LogP contribution in [-0.4, -0.2) is 71.6 Å². The third-order valence-corrected chi connectivity index (χ3v) is 8.65. The molecule has 1 aliphatic heterocycles. The predicted molar refractivity (Wildman–Crippen MR) is 187 cm³/mol. The number of nitrogens with one attached hydrogen (secondary N) is 2. The Morgan fingerprint density at radius 3 is 2.28 bits per heavy atom. The van der Waals surface area contributed by atoms with E-state index in [-0.39, 0.29) is 31.1 Å². The van der Waals surface area contributed by atoms with Crippen LogP contribution in [0.2, 0.25) is 0 Å². The van der Waals surface area contributed by atoms with Crippen molar-refractivity contribution in [1.82, 2.24) is 15.5 Å². The number of nitrogens with zero attached hydrogens (tertiary/aromatic N) is 1. The van der Waals surface area contributed by atoms with Crippen LogP contribution in [0.25, 0.3) is 0 Å². The van der Waals surface area contributed by atoms with Crippen LogP contribution in [0, 0.1) is 0 Å². The smallest absolute Gasteiger partial charge is 0.328 e. The fraction of sp³-hybridized carbons (Fsp3) is 0.333. The molecule has 0 radical (unpaired) electrons. The van der Waals surface area contributed by atoms with Crippen molar-refractivity contribution >= 4 is 12.0 Å². The highest BCUT2D eigenvalue weighted by atomic mass is 16.7. The summed E-state index contributed by atoms with van der Waals surface area (Å²) in [5, 5.41) is 35.7. The third-order valence-electron chi connectivity index (χ3n) is 8.65. The lowest BCUT2D eigenvalue weighted by Crippen LogP contribution is -2.47. The number of carbonyl (C=O) groups excluding carboxylic acids is 2. The number of phenolic OH excluding ortho intramolecular Hbond substituents is 1. The van der Waals surface area contributed by atoms with Gasteiger partial charge in [0.2, 0.25) is 0 Å². The number of likely N-dealkylation sites (N-methyl/N-ethyl adjacent to an activating group) is 1. The summed E-state index contributed by atoms with van der Waals surface area (Å²) in [6.45, 7) is 1.04. The average Bonchev–Trinajstić information content (AvgIpc) is 3.13. The SMILES string of the molecule is COC(=O)[C@H](Cc1ccccc1)NC(=O)NCc1ccc([C@@H]2O[C@H](CN(C)C[C@@H](O)c3cccc(O)c3)C[C@H](c3ccc(CO)cc3)O2)cc1. The number of aliphatic hydroxyl groups excluding tert-OH is 2. The van der Waals surface area contributed by atoms with Crippen molar-refractivity contribution in [2.45, 2.75) is 56.6 Å². The largest absolute Gasteiger partial charge is 0.508 e. The summed E-state index contributed by atoms with van der Waals surface area (Å²) < 4.78 is 17.8. The Balaban J connectivity index is 1.22. The molecule has 1 aliphatic rings. The van der Waals surface area contributed by atoms with E-state index in [1.807, 2.05) is 90.8 Å². The lowest BCUT2D eigenvalue weighted by molar-refractivity contribution is -0.252. The molecule has 11 heteroatoms. The predicted octanol–water partition coefficient (Wildman–Crippen LogP) is 4.68. The number of phenols is 1. The summed E-state index contributed by atoms with van der Waals surface area (Å²) in [6, 6.07) is 29.9. The Morgan fingerprint density at radius 2 is 1.60 bits per heavy atom. The maximum Gasteiger partial charge on any atom is 0.328 e. The summed E-state index contributed by atoms with van der Waals surface area (Å²) in [5.74, 6) is -0.424. The van der Waals surface area contributed by atoms with Crippen molar-refractivity contribution in [3.05, 3.63) is 137 Å². The number of aliphatic hydroxyl groups is 2. The zero-order valence-corrected chi connectivity index (χ0v) is 28.3. The van der Waals surface area contributed by atoms with Crippen molar-refractivity contribution in [2.24, 2.45) is 0 Å². The van der Waals surface area contributed by atoms with Gasteiger partial charge in [0.05, 0.1) is 32.0 Å². The third kappa shape index (κ3) is 10.4. The molecule has 1 saturated heterocycles. The molecule has 11 nitrogen and oxygen atoms in total. The van der Waals surface area contributed by atoms with Gasteiger partial charge in [0.25, 0.3) is 0 Å². The van der Waals surface area contributed by atoms with Crippen LogP contribution in [0.4, 0.5) is 4.79 Å². The fourth-order valence-electron chi connectivity index (χ4n) is 5.96. The second-order valence-corrected chi connectivity index (χ2v) is 12.5. The van der Waals surface area contributed by atoms with E-state index in [9.17, 15) is 24.9 Å². The summed E-state index contributed by atoms with van der Waals surface area (Å²) >= 11 is 0. The van der Waals surface area contributed by atoms with Crippen molar-refractivity contribution in [2.75, 3.05) is 27.2 Å². The van der Waals surface area contributed by atoms with E-state index in [1.54, 1.807) is 24.3 Å². The van der Waals surface area contributed by atoms with Gasteiger partial charge in [-0.25, -0.2) is 9.59 Å². The zero-order valence-electron chi connectivity index (χ0n) is 28.3. The zero-order chi connectivity index (χ0) is 35.5. The first-order valence-electron chi connectivity index (χ1n) is 16.6. The highest BCUT2D eigenvalue weighted by Crippen LogP contribution is 2.38. The molecule has 1 fully saturated rings. The van der Waals surface area contributed by atoms with Gasteiger partial charge >= 0.3 is 12.0 Å². The van der Waals surface area contributed by atoms with E-state index >= 15 is 0 Å². The van der Waals surface area contributed by atoms with Gasteiger partial charge in [0, 0.05) is 38.0 Å². The Morgan fingerprint density at radius 1 is 0.900 bits per heavy atom. The van der Waals surface area contributed by atoms with Gasteiger partial charge in [-0.05, 0) is 47.0 Å². The molecule has 5 atom stereocenters. The minimum atomic E-state index is -0.833. The van der Waals surface area contributed by atoms with Crippen LogP contribution in [-0.2, 0) is 38.6 Å². The molecule has 0 aliphatic carbocycles. The van der Waals surface area contributed by atoms with Crippen molar-refractivity contribution in [1.29, 1.82) is 0 Å². The van der Waals surface area contributed by atoms with Gasteiger partial charge in [-0.15, -0.1) is 0 Å². The van der Waals surface area contributed by atoms with Crippen LogP contribution in [0.1, 0.15) is 58.3 Å². The Labute approximate surface area is 292 Å². The van der Waals surface area contributed by atoms with E-state index in [4.69, 9.17) is 14.2 Å². The van der Waals surface area contributed by atoms with Crippen LogP contribution in [0.3, 0.4) is 0 Å². The molecule has 0 aromatic heterocycles. The minimum Gasteiger partial charge on any atom is -0.508 e. The molecule has 50 heavy (non-hydrogen) atoms. The first kappa shape index (κ1) is 36.5. The molecule has 0 bridgehead atoms. The molecule has 4 aromatic rings. The van der Waals surface area contributed by atoms with E-state index in [0.29, 0.717) is 31.5 Å². The summed E-state index contributed by atoms with van der Waals surface area (Å²) in [7, 11) is 3.21. The van der Waals surface area contributed by atoms with E-state index in [0.717, 1.165) is 27.8 Å². The van der Waals surface area contributed by atoms with Gasteiger partial charge in [0.1, 0.15) is 11.8 Å². The first-order valence-corrected chi connectivity index (χ1v) is 16.6. The highest BCUT2D eigenvalue weighted by Gasteiger charge is 2.33. The first-order chi connectivity index (χ1) is 24.2. The fourth-order valence-corrected chi connectivity index (χ4v) is 5.96. The maximum atomic E-state index is 12.7. The molecule has 2 amide bonds. The number of aromatic hydroxyl groups is 1. The molecule has 0 spiro atoms. The highest BCUT2D eigenvalue weighted by molar-refractivity contribution is 5.83. The maximum absolute atomic E-state index is 12.7. The van der Waals surface area contributed by atoms with Gasteiger partial charge in [-0.1, -0.05) is 91.0 Å². The average molecular weight is 684 g/mol. The quantitative estimate of drug-likeness (QED) is 0.120. The van der Waals surface area contributed by atoms with Crippen molar-refractivity contribution in [3.8, 4) is 5.75 Å².